The average Bonchev–Trinajstić information content (AvgIpc) is 2.50. The largest absolute Gasteiger partial charge is 0.313 e. The third-order valence-corrected chi connectivity index (χ3v) is 5.18. The van der Waals surface area contributed by atoms with Crippen LogP contribution in [-0.2, 0) is 6.42 Å². The molecule has 21 heavy (non-hydrogen) atoms. The van der Waals surface area contributed by atoms with E-state index in [4.69, 9.17) is 0 Å². The molecule has 0 fully saturated rings. The highest BCUT2D eigenvalue weighted by atomic mass is 79.9. The number of halogens is 2. The zero-order chi connectivity index (χ0) is 15.2. The molecule has 2 aromatic rings. The first-order valence-electron chi connectivity index (χ1n) is 6.98. The number of likely N-dealkylation sites (N-methyl/N-ethyl adjacent to an activating group) is 1. The van der Waals surface area contributed by atoms with E-state index in [1.54, 1.807) is 6.07 Å². The lowest BCUT2D eigenvalue weighted by Gasteiger charge is -2.18. The summed E-state index contributed by atoms with van der Waals surface area (Å²) in [4.78, 5) is 1.28. The fourth-order valence-electron chi connectivity index (χ4n) is 2.28. The molecule has 0 aliphatic heterocycles. The molecule has 112 valence electrons. The first kappa shape index (κ1) is 16.5. The molecule has 0 amide bonds. The summed E-state index contributed by atoms with van der Waals surface area (Å²) in [6, 6.07) is 13.9. The molecule has 0 bridgehead atoms. The zero-order valence-electron chi connectivity index (χ0n) is 12.2. The van der Waals surface area contributed by atoms with Crippen LogP contribution in [0, 0.1) is 5.82 Å². The van der Waals surface area contributed by atoms with Crippen LogP contribution in [0.3, 0.4) is 0 Å². The Morgan fingerprint density at radius 1 is 1.19 bits per heavy atom. The highest BCUT2D eigenvalue weighted by molar-refractivity contribution is 9.10. The Morgan fingerprint density at radius 2 is 1.90 bits per heavy atom. The van der Waals surface area contributed by atoms with Gasteiger partial charge in [0, 0.05) is 10.9 Å². The SMILES string of the molecule is CCSc1ccc(C(Cc2cccc(F)c2Br)NC)cc1. The minimum atomic E-state index is -0.211. The van der Waals surface area contributed by atoms with Crippen molar-refractivity contribution >= 4 is 27.7 Å². The second kappa shape index (κ2) is 7.97. The molecular formula is C17H19BrFNS. The summed E-state index contributed by atoms with van der Waals surface area (Å²) in [5, 5.41) is 3.31. The molecule has 2 rings (SSSR count). The average molecular weight is 368 g/mol. The number of thioether (sulfide) groups is 1. The fraction of sp³-hybridized carbons (Fsp3) is 0.294. The Bertz CT molecular complexity index is 586. The van der Waals surface area contributed by atoms with Crippen molar-refractivity contribution in [3.63, 3.8) is 0 Å². The summed E-state index contributed by atoms with van der Waals surface area (Å²) in [7, 11) is 1.94. The Kier molecular flexibility index (Phi) is 6.27. The number of benzene rings is 2. The number of nitrogens with one attached hydrogen (secondary N) is 1. The first-order valence-corrected chi connectivity index (χ1v) is 8.76. The van der Waals surface area contributed by atoms with Gasteiger partial charge in [-0.15, -0.1) is 11.8 Å². The summed E-state index contributed by atoms with van der Waals surface area (Å²) in [5.41, 5.74) is 2.19. The smallest absolute Gasteiger partial charge is 0.137 e. The van der Waals surface area contributed by atoms with E-state index in [0.29, 0.717) is 4.47 Å². The van der Waals surface area contributed by atoms with Crippen molar-refractivity contribution in [3.05, 3.63) is 63.9 Å². The van der Waals surface area contributed by atoms with Gasteiger partial charge in [0.1, 0.15) is 5.82 Å². The van der Waals surface area contributed by atoms with Crippen LogP contribution in [0.5, 0.6) is 0 Å². The van der Waals surface area contributed by atoms with E-state index in [0.717, 1.165) is 17.7 Å². The van der Waals surface area contributed by atoms with E-state index in [1.165, 1.54) is 16.5 Å². The second-order valence-electron chi connectivity index (χ2n) is 4.76. The minimum absolute atomic E-state index is 0.170. The fourth-order valence-corrected chi connectivity index (χ4v) is 3.36. The minimum Gasteiger partial charge on any atom is -0.313 e. The Hall–Kier alpha value is -0.840. The highest BCUT2D eigenvalue weighted by Crippen LogP contribution is 2.27. The van der Waals surface area contributed by atoms with Crippen LogP contribution in [0.15, 0.2) is 51.8 Å². The topological polar surface area (TPSA) is 12.0 Å². The van der Waals surface area contributed by atoms with Crippen molar-refractivity contribution < 1.29 is 4.39 Å². The molecule has 1 atom stereocenters. The van der Waals surface area contributed by atoms with E-state index < -0.39 is 0 Å². The molecule has 4 heteroatoms. The van der Waals surface area contributed by atoms with Crippen LogP contribution >= 0.6 is 27.7 Å². The predicted octanol–water partition coefficient (Wildman–Crippen LogP) is 5.20. The van der Waals surface area contributed by atoms with Crippen LogP contribution < -0.4 is 5.32 Å². The van der Waals surface area contributed by atoms with Crippen molar-refractivity contribution in [3.8, 4) is 0 Å². The van der Waals surface area contributed by atoms with Crippen LogP contribution in [0.1, 0.15) is 24.1 Å². The van der Waals surface area contributed by atoms with Crippen molar-refractivity contribution in [1.82, 2.24) is 5.32 Å². The summed E-state index contributed by atoms with van der Waals surface area (Å²) in [6.07, 6.45) is 0.745. The van der Waals surface area contributed by atoms with Gasteiger partial charge in [0.05, 0.1) is 4.47 Å². The van der Waals surface area contributed by atoms with Crippen LogP contribution in [0.4, 0.5) is 4.39 Å². The monoisotopic (exact) mass is 367 g/mol. The lowest BCUT2D eigenvalue weighted by Crippen LogP contribution is -2.19. The van der Waals surface area contributed by atoms with E-state index >= 15 is 0 Å². The third-order valence-electron chi connectivity index (χ3n) is 3.40. The molecule has 0 saturated carbocycles. The van der Waals surface area contributed by atoms with Crippen molar-refractivity contribution in [2.24, 2.45) is 0 Å². The van der Waals surface area contributed by atoms with E-state index in [2.05, 4.69) is 52.4 Å². The molecule has 2 aromatic carbocycles. The van der Waals surface area contributed by atoms with Gasteiger partial charge in [-0.25, -0.2) is 4.39 Å². The maximum Gasteiger partial charge on any atom is 0.137 e. The van der Waals surface area contributed by atoms with Gasteiger partial charge in [0.15, 0.2) is 0 Å². The lowest BCUT2D eigenvalue weighted by molar-refractivity contribution is 0.580. The Balaban J connectivity index is 2.17. The predicted molar refractivity (Wildman–Crippen MR) is 92.4 cm³/mol. The third kappa shape index (κ3) is 4.31. The lowest BCUT2D eigenvalue weighted by atomic mass is 9.99. The van der Waals surface area contributed by atoms with Crippen LogP contribution in [-0.4, -0.2) is 12.8 Å². The van der Waals surface area contributed by atoms with Gasteiger partial charge in [-0.3, -0.25) is 0 Å². The normalized spacial score (nSPS) is 12.4. The van der Waals surface area contributed by atoms with E-state index in [9.17, 15) is 4.39 Å². The van der Waals surface area contributed by atoms with Gasteiger partial charge in [0.2, 0.25) is 0 Å². The van der Waals surface area contributed by atoms with Gasteiger partial charge >= 0.3 is 0 Å². The quantitative estimate of drug-likeness (QED) is 0.703. The number of hydrogen-bond acceptors (Lipinski definition) is 2. The van der Waals surface area contributed by atoms with Crippen molar-refractivity contribution in [2.75, 3.05) is 12.8 Å². The Labute approximate surface area is 138 Å². The van der Waals surface area contributed by atoms with Gasteiger partial charge < -0.3 is 5.32 Å². The number of hydrogen-bond donors (Lipinski definition) is 1. The standard InChI is InChI=1S/C17H19BrFNS/c1-3-21-14-9-7-12(8-10-14)16(20-2)11-13-5-4-6-15(19)17(13)18/h4-10,16,20H,3,11H2,1-2H3. The van der Waals surface area contributed by atoms with Gasteiger partial charge in [-0.05, 0) is 64.5 Å². The molecule has 1 unspecified atom stereocenters. The summed E-state index contributed by atoms with van der Waals surface area (Å²) < 4.78 is 14.2. The van der Waals surface area contributed by atoms with E-state index in [1.807, 2.05) is 24.9 Å². The van der Waals surface area contributed by atoms with Crippen molar-refractivity contribution in [2.45, 2.75) is 24.3 Å². The van der Waals surface area contributed by atoms with Gasteiger partial charge in [0.25, 0.3) is 0 Å². The summed E-state index contributed by atoms with van der Waals surface area (Å²) in [5.74, 6) is 0.863. The zero-order valence-corrected chi connectivity index (χ0v) is 14.6. The Morgan fingerprint density at radius 3 is 2.52 bits per heavy atom. The summed E-state index contributed by atoms with van der Waals surface area (Å²) in [6.45, 7) is 2.15. The molecule has 0 spiro atoms. The molecule has 0 aliphatic rings. The maximum atomic E-state index is 13.6. The first-order chi connectivity index (χ1) is 10.2. The highest BCUT2D eigenvalue weighted by Gasteiger charge is 2.13. The van der Waals surface area contributed by atoms with Gasteiger partial charge in [-0.1, -0.05) is 31.2 Å². The molecule has 0 heterocycles. The number of rotatable bonds is 6. The summed E-state index contributed by atoms with van der Waals surface area (Å²) >= 11 is 5.17. The second-order valence-corrected chi connectivity index (χ2v) is 6.89. The molecule has 0 saturated heterocycles. The van der Waals surface area contributed by atoms with E-state index in [-0.39, 0.29) is 11.9 Å². The molecule has 1 nitrogen and oxygen atoms in total. The molecule has 0 aliphatic carbocycles. The van der Waals surface area contributed by atoms with Crippen LogP contribution in [0.25, 0.3) is 0 Å². The van der Waals surface area contributed by atoms with Gasteiger partial charge in [-0.2, -0.15) is 0 Å². The van der Waals surface area contributed by atoms with Crippen molar-refractivity contribution in [1.29, 1.82) is 0 Å². The molecular weight excluding hydrogens is 349 g/mol. The molecule has 0 aromatic heterocycles. The molecule has 1 N–H and O–H groups in total. The van der Waals surface area contributed by atoms with Crippen LogP contribution in [0.2, 0.25) is 0 Å². The molecule has 0 radical (unpaired) electrons. The maximum absolute atomic E-state index is 13.6.